The number of hydrogen-bond donors (Lipinski definition) is 1. The van der Waals surface area contributed by atoms with Crippen LogP contribution in [0.2, 0.25) is 0 Å². The summed E-state index contributed by atoms with van der Waals surface area (Å²) in [6.45, 7) is 0.129. The van der Waals surface area contributed by atoms with Gasteiger partial charge < -0.3 is 0 Å². The van der Waals surface area contributed by atoms with Gasteiger partial charge in [-0.1, -0.05) is 30.3 Å². The van der Waals surface area contributed by atoms with Crippen LogP contribution in [0, 0.1) is 4.91 Å². The average Bonchev–Trinajstić information content (AvgIpc) is 2.06. The van der Waals surface area contributed by atoms with E-state index in [-0.39, 0.29) is 6.54 Å². The van der Waals surface area contributed by atoms with E-state index >= 15 is 0 Å². The summed E-state index contributed by atoms with van der Waals surface area (Å²) in [5, 5.41) is 11.3. The van der Waals surface area contributed by atoms with Gasteiger partial charge >= 0.3 is 0 Å². The molecule has 0 radical (unpaired) electrons. The van der Waals surface area contributed by atoms with E-state index in [9.17, 15) is 4.91 Å². The summed E-state index contributed by atoms with van der Waals surface area (Å²) in [6.07, 6.45) is 0. The van der Waals surface area contributed by atoms with Crippen LogP contribution in [0.3, 0.4) is 0 Å². The minimum absolute atomic E-state index is 0.129. The Morgan fingerprint density at radius 1 is 1.36 bits per heavy atom. The SMILES string of the molecule is O=NN(O)Cc1ccccc1. The zero-order chi connectivity index (χ0) is 8.10. The van der Waals surface area contributed by atoms with Crippen molar-refractivity contribution in [1.29, 1.82) is 0 Å². The predicted molar refractivity (Wildman–Crippen MR) is 39.6 cm³/mol. The first-order chi connectivity index (χ1) is 5.33. The van der Waals surface area contributed by atoms with Crippen LogP contribution in [-0.4, -0.2) is 10.4 Å². The quantitative estimate of drug-likeness (QED) is 0.528. The average molecular weight is 152 g/mol. The molecule has 0 bridgehead atoms. The van der Waals surface area contributed by atoms with Crippen molar-refractivity contribution in [1.82, 2.24) is 5.17 Å². The second-order valence-electron chi connectivity index (χ2n) is 2.10. The Morgan fingerprint density at radius 2 is 2.00 bits per heavy atom. The molecule has 0 aliphatic rings. The summed E-state index contributed by atoms with van der Waals surface area (Å²) in [6, 6.07) is 9.12. The van der Waals surface area contributed by atoms with Crippen LogP contribution in [0.15, 0.2) is 35.6 Å². The van der Waals surface area contributed by atoms with E-state index < -0.39 is 0 Å². The fraction of sp³-hybridized carbons (Fsp3) is 0.143. The first-order valence-electron chi connectivity index (χ1n) is 3.16. The fourth-order valence-electron chi connectivity index (χ4n) is 0.776. The maximum absolute atomic E-state index is 9.74. The molecule has 1 aromatic rings. The molecule has 1 aromatic carbocycles. The molecule has 0 fully saturated rings. The van der Waals surface area contributed by atoms with Crippen LogP contribution < -0.4 is 0 Å². The second-order valence-corrected chi connectivity index (χ2v) is 2.10. The highest BCUT2D eigenvalue weighted by molar-refractivity contribution is 5.13. The lowest BCUT2D eigenvalue weighted by Gasteiger charge is -2.04. The van der Waals surface area contributed by atoms with Crippen molar-refractivity contribution in [3.05, 3.63) is 40.8 Å². The molecule has 4 heteroatoms. The molecule has 0 heterocycles. The molecular formula is C7H8N2O2. The van der Waals surface area contributed by atoms with Gasteiger partial charge in [-0.05, 0) is 5.56 Å². The predicted octanol–water partition coefficient (Wildman–Crippen LogP) is 1.56. The maximum atomic E-state index is 9.74. The smallest absolute Gasteiger partial charge is 0.0929 e. The molecule has 1 rings (SSSR count). The van der Waals surface area contributed by atoms with Crippen LogP contribution in [0.25, 0.3) is 0 Å². The van der Waals surface area contributed by atoms with Crippen LogP contribution >= 0.6 is 0 Å². The molecule has 4 nitrogen and oxygen atoms in total. The van der Waals surface area contributed by atoms with Crippen molar-refractivity contribution in [2.45, 2.75) is 6.54 Å². The molecular weight excluding hydrogens is 144 g/mol. The maximum Gasteiger partial charge on any atom is 0.0929 e. The van der Waals surface area contributed by atoms with Gasteiger partial charge in [0.15, 0.2) is 0 Å². The molecule has 58 valence electrons. The zero-order valence-electron chi connectivity index (χ0n) is 5.84. The van der Waals surface area contributed by atoms with Crippen molar-refractivity contribution in [3.63, 3.8) is 0 Å². The third kappa shape index (κ3) is 2.35. The first kappa shape index (κ1) is 7.68. The number of hydroxylamine groups is 1. The standard InChI is InChI=1S/C7H8N2O2/c10-8-9(11)6-7-4-2-1-3-5-7/h1-5,11H,6H2. The molecule has 0 saturated carbocycles. The van der Waals surface area contributed by atoms with Gasteiger partial charge in [-0.15, -0.1) is 10.1 Å². The third-order valence-electron chi connectivity index (χ3n) is 1.26. The van der Waals surface area contributed by atoms with Gasteiger partial charge in [0.1, 0.15) is 0 Å². The highest BCUT2D eigenvalue weighted by Gasteiger charge is 1.96. The molecule has 0 amide bonds. The molecule has 1 N–H and O–H groups in total. The van der Waals surface area contributed by atoms with E-state index in [2.05, 4.69) is 5.29 Å². The van der Waals surface area contributed by atoms with Crippen LogP contribution in [0.1, 0.15) is 5.56 Å². The van der Waals surface area contributed by atoms with Gasteiger partial charge in [-0.2, -0.15) is 0 Å². The highest BCUT2D eigenvalue weighted by atomic mass is 16.6. The molecule has 11 heavy (non-hydrogen) atoms. The van der Waals surface area contributed by atoms with Gasteiger partial charge in [0.05, 0.1) is 11.8 Å². The lowest BCUT2D eigenvalue weighted by molar-refractivity contribution is -0.100. The lowest BCUT2D eigenvalue weighted by Crippen LogP contribution is -2.09. The minimum atomic E-state index is 0.129. The normalized spacial score (nSPS) is 9.18. The number of nitrogens with zero attached hydrogens (tertiary/aromatic N) is 2. The Morgan fingerprint density at radius 3 is 2.55 bits per heavy atom. The van der Waals surface area contributed by atoms with Crippen LogP contribution in [0.4, 0.5) is 0 Å². The van der Waals surface area contributed by atoms with Crippen molar-refractivity contribution >= 4 is 0 Å². The van der Waals surface area contributed by atoms with Crippen molar-refractivity contribution in [2.24, 2.45) is 5.29 Å². The zero-order valence-corrected chi connectivity index (χ0v) is 5.84. The van der Waals surface area contributed by atoms with Gasteiger partial charge in [0.2, 0.25) is 0 Å². The van der Waals surface area contributed by atoms with Crippen molar-refractivity contribution in [2.75, 3.05) is 0 Å². The number of nitroso groups, excluding NO2 is 1. The van der Waals surface area contributed by atoms with Crippen molar-refractivity contribution < 1.29 is 5.21 Å². The van der Waals surface area contributed by atoms with E-state index in [1.165, 1.54) is 0 Å². The van der Waals surface area contributed by atoms with Crippen LogP contribution in [-0.2, 0) is 6.54 Å². The Labute approximate surface area is 64.0 Å². The summed E-state index contributed by atoms with van der Waals surface area (Å²) in [4.78, 5) is 9.74. The molecule has 0 atom stereocenters. The van der Waals surface area contributed by atoms with E-state index in [1.807, 2.05) is 18.2 Å². The highest BCUT2D eigenvalue weighted by Crippen LogP contribution is 2.01. The van der Waals surface area contributed by atoms with Gasteiger partial charge in [0.25, 0.3) is 0 Å². The van der Waals surface area contributed by atoms with E-state index in [0.717, 1.165) is 5.56 Å². The Balaban J connectivity index is 2.57. The summed E-state index contributed by atoms with van der Waals surface area (Å²) in [5.74, 6) is 0. The molecule has 0 aliphatic carbocycles. The lowest BCUT2D eigenvalue weighted by atomic mass is 10.2. The van der Waals surface area contributed by atoms with Gasteiger partial charge in [-0.25, -0.2) is 0 Å². The molecule has 0 unspecified atom stereocenters. The number of hydrogen-bond acceptors (Lipinski definition) is 3. The molecule has 0 aromatic heterocycles. The minimum Gasteiger partial charge on any atom is -0.269 e. The number of benzene rings is 1. The summed E-state index contributed by atoms with van der Waals surface area (Å²) < 4.78 is 0. The summed E-state index contributed by atoms with van der Waals surface area (Å²) >= 11 is 0. The number of rotatable bonds is 3. The topological polar surface area (TPSA) is 52.9 Å². The fourth-order valence-corrected chi connectivity index (χ4v) is 0.776. The van der Waals surface area contributed by atoms with Gasteiger partial charge in [-0.3, -0.25) is 5.21 Å². The monoisotopic (exact) mass is 152 g/mol. The Hall–Kier alpha value is -1.42. The van der Waals surface area contributed by atoms with Crippen molar-refractivity contribution in [3.8, 4) is 0 Å². The third-order valence-corrected chi connectivity index (χ3v) is 1.26. The summed E-state index contributed by atoms with van der Waals surface area (Å²) in [5.41, 5.74) is 0.842. The second kappa shape index (κ2) is 3.68. The largest absolute Gasteiger partial charge is 0.269 e. The van der Waals surface area contributed by atoms with E-state index in [0.29, 0.717) is 5.17 Å². The van der Waals surface area contributed by atoms with Gasteiger partial charge in [0, 0.05) is 0 Å². The van der Waals surface area contributed by atoms with Crippen LogP contribution in [0.5, 0.6) is 0 Å². The molecule has 0 saturated heterocycles. The Kier molecular flexibility index (Phi) is 2.57. The molecule has 0 spiro atoms. The molecule has 0 aliphatic heterocycles. The Bertz CT molecular complexity index is 225. The first-order valence-corrected chi connectivity index (χ1v) is 3.16. The van der Waals surface area contributed by atoms with E-state index in [1.54, 1.807) is 12.1 Å². The van der Waals surface area contributed by atoms with E-state index in [4.69, 9.17) is 5.21 Å². The summed E-state index contributed by atoms with van der Waals surface area (Å²) in [7, 11) is 0.